The number of hydrogen-bond acceptors (Lipinski definition) is 3. The largest absolute Gasteiger partial charge is 0.296 e. The highest BCUT2D eigenvalue weighted by atomic mass is 14.9. The minimum atomic E-state index is -0.433. The van der Waals surface area contributed by atoms with E-state index in [1.807, 2.05) is 18.2 Å². The first-order valence-corrected chi connectivity index (χ1v) is 21.1. The minimum absolute atomic E-state index is 0.139. The van der Waals surface area contributed by atoms with Crippen LogP contribution in [0.4, 0.5) is 0 Å². The molecule has 290 valence electrons. The van der Waals surface area contributed by atoms with Gasteiger partial charge in [-0.05, 0) is 103 Å². The van der Waals surface area contributed by atoms with E-state index in [0.717, 1.165) is 55.9 Å². The van der Waals surface area contributed by atoms with Crippen LogP contribution in [-0.4, -0.2) is 16.7 Å². The van der Waals surface area contributed by atoms with Crippen molar-refractivity contribution in [2.45, 2.75) is 31.2 Å². The molecule has 9 aromatic rings. The summed E-state index contributed by atoms with van der Waals surface area (Å²) >= 11 is 0. The van der Waals surface area contributed by atoms with E-state index in [2.05, 4.69) is 208 Å². The lowest BCUT2D eigenvalue weighted by Crippen LogP contribution is -2.40. The molecule has 0 N–H and O–H groups in total. The smallest absolute Gasteiger partial charge is 0.160 e. The van der Waals surface area contributed by atoms with Crippen LogP contribution in [-0.2, 0) is 17.4 Å². The molecule has 0 atom stereocenters. The van der Waals surface area contributed by atoms with Gasteiger partial charge in [0.15, 0.2) is 5.82 Å². The summed E-state index contributed by atoms with van der Waals surface area (Å²) in [7, 11) is 0. The van der Waals surface area contributed by atoms with Gasteiger partial charge in [-0.1, -0.05) is 190 Å². The van der Waals surface area contributed by atoms with E-state index in [0.29, 0.717) is 12.4 Å². The van der Waals surface area contributed by atoms with Gasteiger partial charge in [-0.25, -0.2) is 9.97 Å². The highest BCUT2D eigenvalue weighted by Gasteiger charge is 2.53. The van der Waals surface area contributed by atoms with E-state index >= 15 is 0 Å². The molecular formula is C58H43N3. The molecule has 0 radical (unpaired) electrons. The summed E-state index contributed by atoms with van der Waals surface area (Å²) in [4.78, 5) is 14.6. The van der Waals surface area contributed by atoms with Crippen molar-refractivity contribution in [3.63, 3.8) is 0 Å². The third-order valence-corrected chi connectivity index (χ3v) is 13.0. The lowest BCUT2D eigenvalue weighted by atomic mass is 9.55. The van der Waals surface area contributed by atoms with Gasteiger partial charge in [-0.2, -0.15) is 0 Å². The van der Waals surface area contributed by atoms with Gasteiger partial charge in [0.1, 0.15) is 0 Å². The maximum atomic E-state index is 5.31. The van der Waals surface area contributed by atoms with Crippen molar-refractivity contribution in [2.75, 3.05) is 0 Å². The van der Waals surface area contributed by atoms with Crippen LogP contribution >= 0.6 is 0 Å². The summed E-state index contributed by atoms with van der Waals surface area (Å²) in [5.41, 5.74) is 20.6. The van der Waals surface area contributed by atoms with Crippen molar-refractivity contribution in [2.24, 2.45) is 4.99 Å². The van der Waals surface area contributed by atoms with Crippen LogP contribution in [0.2, 0.25) is 0 Å². The van der Waals surface area contributed by atoms with E-state index in [1.54, 1.807) is 0 Å². The van der Waals surface area contributed by atoms with Crippen LogP contribution in [0.15, 0.2) is 205 Å². The van der Waals surface area contributed by atoms with Crippen molar-refractivity contribution in [3.8, 4) is 67.3 Å². The Morgan fingerprint density at radius 3 is 1.66 bits per heavy atom. The Hall–Kier alpha value is -7.49. The average Bonchev–Trinajstić information content (AvgIpc) is 3.61. The number of fused-ring (bicyclic) bond motifs is 9. The summed E-state index contributed by atoms with van der Waals surface area (Å²) < 4.78 is 0. The Balaban J connectivity index is 1.09. The Morgan fingerprint density at radius 1 is 0.393 bits per heavy atom. The Labute approximate surface area is 357 Å². The molecule has 8 aromatic carbocycles. The van der Waals surface area contributed by atoms with Crippen molar-refractivity contribution in [1.82, 2.24) is 9.97 Å². The van der Waals surface area contributed by atoms with E-state index in [9.17, 15) is 0 Å². The predicted molar refractivity (Wildman–Crippen MR) is 252 cm³/mol. The number of rotatable bonds is 7. The molecule has 1 spiro atoms. The van der Waals surface area contributed by atoms with E-state index in [1.165, 1.54) is 44.5 Å². The summed E-state index contributed by atoms with van der Waals surface area (Å²) in [6.45, 7) is 9.03. The maximum Gasteiger partial charge on any atom is 0.160 e. The van der Waals surface area contributed by atoms with Gasteiger partial charge in [0, 0.05) is 22.1 Å². The molecule has 3 heteroatoms. The number of benzene rings is 8. The van der Waals surface area contributed by atoms with Gasteiger partial charge in [0.2, 0.25) is 0 Å². The quantitative estimate of drug-likeness (QED) is 0.151. The molecule has 0 unspecified atom stereocenters. The first-order chi connectivity index (χ1) is 29.9. The lowest BCUT2D eigenvalue weighted by Gasteiger charge is -2.46. The molecule has 61 heavy (non-hydrogen) atoms. The molecule has 0 amide bonds. The molecule has 0 fully saturated rings. The molecule has 2 aliphatic carbocycles. The van der Waals surface area contributed by atoms with Gasteiger partial charge in [-0.15, -0.1) is 0 Å². The molecular weight excluding hydrogens is 739 g/mol. The van der Waals surface area contributed by atoms with Crippen LogP contribution in [0.25, 0.3) is 67.3 Å². The Kier molecular flexibility index (Phi) is 8.61. The third kappa shape index (κ3) is 5.76. The maximum absolute atomic E-state index is 5.31. The van der Waals surface area contributed by atoms with Crippen LogP contribution in [0, 0.1) is 0 Å². The van der Waals surface area contributed by atoms with Gasteiger partial charge in [0.05, 0.1) is 23.3 Å². The second-order valence-electron chi connectivity index (χ2n) is 16.8. The molecule has 0 aliphatic heterocycles. The van der Waals surface area contributed by atoms with Crippen molar-refractivity contribution in [1.29, 1.82) is 0 Å². The number of hydrogen-bond donors (Lipinski definition) is 0. The van der Waals surface area contributed by atoms with Crippen molar-refractivity contribution >= 4 is 6.72 Å². The fraction of sp³-hybridized carbons (Fsp3) is 0.0862. The van der Waals surface area contributed by atoms with Crippen molar-refractivity contribution in [3.05, 3.63) is 239 Å². The zero-order valence-corrected chi connectivity index (χ0v) is 34.3. The van der Waals surface area contributed by atoms with Crippen LogP contribution in [0.3, 0.4) is 0 Å². The van der Waals surface area contributed by atoms with Gasteiger partial charge >= 0.3 is 0 Å². The monoisotopic (exact) mass is 781 g/mol. The number of aromatic nitrogens is 2. The van der Waals surface area contributed by atoms with Gasteiger partial charge in [0.25, 0.3) is 0 Å². The highest BCUT2D eigenvalue weighted by Crippen LogP contribution is 2.62. The van der Waals surface area contributed by atoms with Gasteiger partial charge in [-0.3, -0.25) is 4.99 Å². The molecule has 0 saturated heterocycles. The second-order valence-corrected chi connectivity index (χ2v) is 16.8. The molecule has 0 saturated carbocycles. The SMILES string of the molecule is C=NCc1cccc(-c2cccc(-c3cc(-c4ccccc4-c4ccc5c(c4)-c4ccccc4C54c5ccccc5C(C)(C)c5ccccc54)nc(-c4ccccc4)n3)c2)c1. The predicted octanol–water partition coefficient (Wildman–Crippen LogP) is 14.0. The fourth-order valence-corrected chi connectivity index (χ4v) is 10.3. The summed E-state index contributed by atoms with van der Waals surface area (Å²) in [6, 6.07) is 72.7. The topological polar surface area (TPSA) is 38.1 Å². The van der Waals surface area contributed by atoms with Crippen LogP contribution in [0.1, 0.15) is 52.8 Å². The van der Waals surface area contributed by atoms with E-state index in [-0.39, 0.29) is 5.41 Å². The van der Waals surface area contributed by atoms with Gasteiger partial charge < -0.3 is 0 Å². The summed E-state index contributed by atoms with van der Waals surface area (Å²) in [6.07, 6.45) is 0. The number of nitrogens with zero attached hydrogens (tertiary/aromatic N) is 3. The Bertz CT molecular complexity index is 3130. The van der Waals surface area contributed by atoms with E-state index < -0.39 is 5.41 Å². The normalized spacial score (nSPS) is 13.8. The molecule has 3 nitrogen and oxygen atoms in total. The van der Waals surface area contributed by atoms with Crippen LogP contribution in [0.5, 0.6) is 0 Å². The lowest BCUT2D eigenvalue weighted by molar-refractivity contribution is 0.563. The van der Waals surface area contributed by atoms with Crippen LogP contribution < -0.4 is 0 Å². The third-order valence-electron chi connectivity index (χ3n) is 13.0. The Morgan fingerprint density at radius 2 is 0.934 bits per heavy atom. The first kappa shape index (κ1) is 36.6. The fourth-order valence-electron chi connectivity index (χ4n) is 10.3. The summed E-state index contributed by atoms with van der Waals surface area (Å²) in [5, 5.41) is 0. The van der Waals surface area contributed by atoms with E-state index in [4.69, 9.17) is 9.97 Å². The van der Waals surface area contributed by atoms with Crippen molar-refractivity contribution < 1.29 is 0 Å². The molecule has 11 rings (SSSR count). The molecule has 1 aromatic heterocycles. The summed E-state index contributed by atoms with van der Waals surface area (Å²) in [5.74, 6) is 0.690. The average molecular weight is 782 g/mol. The highest BCUT2D eigenvalue weighted by molar-refractivity contribution is 5.93. The first-order valence-electron chi connectivity index (χ1n) is 21.1. The molecule has 1 heterocycles. The second kappa shape index (κ2) is 14.4. The zero-order valence-electron chi connectivity index (χ0n) is 34.3. The number of aliphatic imine (C=N–C) groups is 1. The standard InChI is InChI=1S/C58H43N3/c1-57(2)50-27-11-13-29-52(50)58(53-30-14-12-28-51(53)57)48-26-10-9-24-45(48)47-35-42(31-32-49(47)58)44-23-7-8-25-46(44)55-36-54(60-56(61-55)39-18-5-4-6-19-39)43-22-16-21-41(34-43)40-20-15-17-38(33-40)37-59-3/h4-36H,3,37H2,1-2H3. The minimum Gasteiger partial charge on any atom is -0.296 e. The zero-order chi connectivity index (χ0) is 41.1. The molecule has 0 bridgehead atoms. The molecule has 2 aliphatic rings.